The van der Waals surface area contributed by atoms with Crippen molar-refractivity contribution >= 4 is 23.6 Å². The van der Waals surface area contributed by atoms with E-state index in [1.807, 2.05) is 49.4 Å². The van der Waals surface area contributed by atoms with Crippen LogP contribution >= 0.6 is 0 Å². The highest BCUT2D eigenvalue weighted by molar-refractivity contribution is 5.94. The molecule has 0 aliphatic carbocycles. The summed E-state index contributed by atoms with van der Waals surface area (Å²) in [4.78, 5) is 37.1. The first-order chi connectivity index (χ1) is 14.8. The second kappa shape index (κ2) is 9.61. The van der Waals surface area contributed by atoms with E-state index in [1.165, 1.54) is 6.92 Å². The molecule has 2 aromatic rings. The molecule has 2 aromatic carbocycles. The molecule has 0 aromatic heterocycles. The van der Waals surface area contributed by atoms with Crippen LogP contribution in [0.5, 0.6) is 0 Å². The third-order valence-corrected chi connectivity index (χ3v) is 5.44. The number of nitrogens with one attached hydrogen (secondary N) is 2. The number of amides is 3. The summed E-state index contributed by atoms with van der Waals surface area (Å²) in [7, 11) is 0. The summed E-state index contributed by atoms with van der Waals surface area (Å²) in [5, 5.41) is 14.6. The summed E-state index contributed by atoms with van der Waals surface area (Å²) in [6.45, 7) is 4.28. The average Bonchev–Trinajstić information content (AvgIpc) is 2.72. The van der Waals surface area contributed by atoms with Crippen molar-refractivity contribution in [3.63, 3.8) is 0 Å². The fraction of sp³-hybridized carbons (Fsp3) is 0.348. The van der Waals surface area contributed by atoms with Crippen LogP contribution in [-0.4, -0.2) is 42.1 Å². The number of nitrogens with two attached hydrogens (primary N) is 1. The Hall–Kier alpha value is -3.39. The number of carbonyl (C=O) groups excluding carboxylic acids is 2. The van der Waals surface area contributed by atoms with Gasteiger partial charge in [-0.1, -0.05) is 30.3 Å². The van der Waals surface area contributed by atoms with E-state index in [2.05, 4.69) is 10.6 Å². The van der Waals surface area contributed by atoms with Crippen LogP contribution < -0.4 is 21.3 Å². The van der Waals surface area contributed by atoms with Gasteiger partial charge in [0.05, 0.1) is 12.5 Å². The SMILES string of the molecule is CC(=O)N1c2ccc(-c3ccc(CC(=O)NCCN)cc3)cc2[C@H](NC(=O)O)C[C@@H]1C. The van der Waals surface area contributed by atoms with Crippen LogP contribution in [0, 0.1) is 0 Å². The van der Waals surface area contributed by atoms with E-state index in [0.717, 1.165) is 27.9 Å². The first-order valence-electron chi connectivity index (χ1n) is 10.3. The van der Waals surface area contributed by atoms with E-state index in [0.29, 0.717) is 19.5 Å². The lowest BCUT2D eigenvalue weighted by Crippen LogP contribution is -2.45. The third-order valence-electron chi connectivity index (χ3n) is 5.44. The van der Waals surface area contributed by atoms with E-state index < -0.39 is 12.1 Å². The smallest absolute Gasteiger partial charge is 0.405 e. The Bertz CT molecular complexity index is 974. The molecule has 5 N–H and O–H groups in total. The fourth-order valence-corrected chi connectivity index (χ4v) is 4.08. The van der Waals surface area contributed by atoms with Crippen molar-refractivity contribution in [2.24, 2.45) is 5.73 Å². The largest absolute Gasteiger partial charge is 0.465 e. The van der Waals surface area contributed by atoms with Crippen LogP contribution in [-0.2, 0) is 16.0 Å². The highest BCUT2D eigenvalue weighted by Crippen LogP contribution is 2.39. The van der Waals surface area contributed by atoms with Crippen molar-refractivity contribution in [3.05, 3.63) is 53.6 Å². The van der Waals surface area contributed by atoms with Gasteiger partial charge in [-0.3, -0.25) is 9.59 Å². The molecule has 1 aliphatic rings. The lowest BCUT2D eigenvalue weighted by atomic mass is 9.89. The molecular formula is C23H28N4O4. The van der Waals surface area contributed by atoms with Crippen molar-refractivity contribution in [1.29, 1.82) is 0 Å². The molecule has 0 radical (unpaired) electrons. The number of hydrogen-bond acceptors (Lipinski definition) is 4. The Labute approximate surface area is 181 Å². The molecule has 0 spiro atoms. The fourth-order valence-electron chi connectivity index (χ4n) is 4.08. The molecule has 0 unspecified atom stereocenters. The standard InChI is InChI=1S/C23H28N4O4/c1-14-11-20(26-23(30)31)19-13-18(7-8-21(19)27(14)15(2)28)17-5-3-16(4-6-17)12-22(29)25-10-9-24/h3-8,13-14,20,26H,9-12,24H2,1-2H3,(H,25,29)(H,30,31)/t14-,20+/m0/s1. The van der Waals surface area contributed by atoms with E-state index in [-0.39, 0.29) is 24.3 Å². The Balaban J connectivity index is 1.89. The van der Waals surface area contributed by atoms with Crippen LogP contribution in [0.3, 0.4) is 0 Å². The lowest BCUT2D eigenvalue weighted by molar-refractivity contribution is -0.120. The molecule has 8 heteroatoms. The summed E-state index contributed by atoms with van der Waals surface area (Å²) >= 11 is 0. The molecule has 0 saturated carbocycles. The van der Waals surface area contributed by atoms with Gasteiger partial charge in [0.1, 0.15) is 0 Å². The first kappa shape index (κ1) is 22.3. The van der Waals surface area contributed by atoms with Gasteiger partial charge in [-0.05, 0) is 47.7 Å². The number of carbonyl (C=O) groups is 3. The average molecular weight is 425 g/mol. The molecule has 0 saturated heterocycles. The highest BCUT2D eigenvalue weighted by Gasteiger charge is 2.33. The van der Waals surface area contributed by atoms with Gasteiger partial charge in [0.15, 0.2) is 0 Å². The van der Waals surface area contributed by atoms with Gasteiger partial charge >= 0.3 is 6.09 Å². The normalized spacial score (nSPS) is 17.6. The number of anilines is 1. The molecule has 2 atom stereocenters. The van der Waals surface area contributed by atoms with E-state index in [9.17, 15) is 19.5 Å². The summed E-state index contributed by atoms with van der Waals surface area (Å²) in [5.74, 6) is -0.152. The Morgan fingerprint density at radius 2 is 1.81 bits per heavy atom. The van der Waals surface area contributed by atoms with Gasteiger partial charge in [-0.2, -0.15) is 0 Å². The second-order valence-electron chi connectivity index (χ2n) is 7.76. The number of fused-ring (bicyclic) bond motifs is 1. The number of benzene rings is 2. The van der Waals surface area contributed by atoms with Gasteiger partial charge in [-0.15, -0.1) is 0 Å². The van der Waals surface area contributed by atoms with Crippen LogP contribution in [0.15, 0.2) is 42.5 Å². The van der Waals surface area contributed by atoms with Gasteiger partial charge in [0, 0.05) is 31.7 Å². The van der Waals surface area contributed by atoms with Gasteiger partial charge in [0.25, 0.3) is 0 Å². The molecule has 31 heavy (non-hydrogen) atoms. The van der Waals surface area contributed by atoms with Crippen LogP contribution in [0.4, 0.5) is 10.5 Å². The molecule has 1 aliphatic heterocycles. The van der Waals surface area contributed by atoms with Gasteiger partial charge in [0.2, 0.25) is 11.8 Å². The first-order valence-corrected chi connectivity index (χ1v) is 10.3. The molecule has 1 heterocycles. The number of carboxylic acid groups (broad SMARTS) is 1. The molecular weight excluding hydrogens is 396 g/mol. The topological polar surface area (TPSA) is 125 Å². The second-order valence-corrected chi connectivity index (χ2v) is 7.76. The lowest BCUT2D eigenvalue weighted by Gasteiger charge is -2.39. The Kier molecular flexibility index (Phi) is 6.91. The summed E-state index contributed by atoms with van der Waals surface area (Å²) in [6.07, 6.45) is -0.318. The number of rotatable bonds is 6. The highest BCUT2D eigenvalue weighted by atomic mass is 16.4. The maximum Gasteiger partial charge on any atom is 0.405 e. The zero-order valence-electron chi connectivity index (χ0n) is 17.7. The molecule has 3 amide bonds. The van der Waals surface area contributed by atoms with Crippen LogP contribution in [0.25, 0.3) is 11.1 Å². The minimum atomic E-state index is -1.10. The maximum absolute atomic E-state index is 12.2. The third kappa shape index (κ3) is 5.21. The zero-order chi connectivity index (χ0) is 22.5. The number of hydrogen-bond donors (Lipinski definition) is 4. The van der Waals surface area contributed by atoms with Crippen LogP contribution in [0.1, 0.15) is 37.4 Å². The van der Waals surface area contributed by atoms with Crippen molar-refractivity contribution in [2.75, 3.05) is 18.0 Å². The maximum atomic E-state index is 12.2. The Morgan fingerprint density at radius 3 is 2.42 bits per heavy atom. The van der Waals surface area contributed by atoms with Crippen molar-refractivity contribution in [2.45, 2.75) is 38.8 Å². The van der Waals surface area contributed by atoms with Crippen molar-refractivity contribution in [1.82, 2.24) is 10.6 Å². The predicted octanol–water partition coefficient (Wildman–Crippen LogP) is 2.42. The monoisotopic (exact) mass is 424 g/mol. The minimum absolute atomic E-state index is 0.0759. The van der Waals surface area contributed by atoms with E-state index in [1.54, 1.807) is 4.90 Å². The van der Waals surface area contributed by atoms with E-state index in [4.69, 9.17) is 5.73 Å². The van der Waals surface area contributed by atoms with Gasteiger partial charge < -0.3 is 26.4 Å². The molecule has 0 bridgehead atoms. The summed E-state index contributed by atoms with van der Waals surface area (Å²) in [6, 6.07) is 12.9. The predicted molar refractivity (Wildman–Crippen MR) is 119 cm³/mol. The van der Waals surface area contributed by atoms with Gasteiger partial charge in [-0.25, -0.2) is 4.79 Å². The Morgan fingerprint density at radius 1 is 1.13 bits per heavy atom. The molecule has 8 nitrogen and oxygen atoms in total. The zero-order valence-corrected chi connectivity index (χ0v) is 17.7. The van der Waals surface area contributed by atoms with Crippen molar-refractivity contribution in [3.8, 4) is 11.1 Å². The van der Waals surface area contributed by atoms with Crippen molar-refractivity contribution < 1.29 is 19.5 Å². The summed E-state index contributed by atoms with van der Waals surface area (Å²) < 4.78 is 0. The number of nitrogens with zero attached hydrogens (tertiary/aromatic N) is 1. The van der Waals surface area contributed by atoms with E-state index >= 15 is 0 Å². The van der Waals surface area contributed by atoms with Crippen LogP contribution in [0.2, 0.25) is 0 Å². The molecule has 3 rings (SSSR count). The molecule has 164 valence electrons. The quantitative estimate of drug-likeness (QED) is 0.567. The summed E-state index contributed by atoms with van der Waals surface area (Å²) in [5.41, 5.74) is 9.64. The molecule has 0 fully saturated rings. The minimum Gasteiger partial charge on any atom is -0.465 e.